The van der Waals surface area contributed by atoms with Gasteiger partial charge in [-0.2, -0.15) is 5.26 Å². The second kappa shape index (κ2) is 4.28. The first-order valence-electron chi connectivity index (χ1n) is 4.01. The number of hydrogen-bond acceptors (Lipinski definition) is 4. The van der Waals surface area contributed by atoms with Gasteiger partial charge in [0.2, 0.25) is 0 Å². The number of aromatic carboxylic acids is 1. The number of carbonyl (C=O) groups is 1. The van der Waals surface area contributed by atoms with Crippen molar-refractivity contribution in [1.29, 1.82) is 5.26 Å². The Labute approximate surface area is 90.7 Å². The van der Waals surface area contributed by atoms with Gasteiger partial charge in [-0.25, -0.2) is 17.6 Å². The molecule has 0 atom stereocenters. The molecule has 16 heavy (non-hydrogen) atoms. The highest BCUT2D eigenvalue weighted by atomic mass is 32.2. The summed E-state index contributed by atoms with van der Waals surface area (Å²) >= 11 is 0. The summed E-state index contributed by atoms with van der Waals surface area (Å²) in [5.41, 5.74) is -0.349. The Morgan fingerprint density at radius 1 is 1.50 bits per heavy atom. The van der Waals surface area contributed by atoms with E-state index in [9.17, 15) is 17.6 Å². The lowest BCUT2D eigenvalue weighted by atomic mass is 10.2. The van der Waals surface area contributed by atoms with Crippen LogP contribution in [0, 0.1) is 17.1 Å². The number of hydrogen-bond donors (Lipinski definition) is 1. The van der Waals surface area contributed by atoms with E-state index in [0.717, 1.165) is 12.1 Å². The summed E-state index contributed by atoms with van der Waals surface area (Å²) in [5.74, 6) is -3.33. The van der Waals surface area contributed by atoms with Crippen LogP contribution in [0.2, 0.25) is 0 Å². The van der Waals surface area contributed by atoms with Gasteiger partial charge in [-0.3, -0.25) is 0 Å². The van der Waals surface area contributed by atoms with E-state index < -0.39 is 32.3 Å². The van der Waals surface area contributed by atoms with Crippen LogP contribution in [-0.2, 0) is 9.84 Å². The molecule has 0 spiro atoms. The molecule has 0 heterocycles. The van der Waals surface area contributed by atoms with Crippen molar-refractivity contribution in [1.82, 2.24) is 0 Å². The van der Waals surface area contributed by atoms with Crippen LogP contribution in [0.4, 0.5) is 4.39 Å². The molecular formula is C9H6FNO4S. The van der Waals surface area contributed by atoms with E-state index in [0.29, 0.717) is 6.07 Å². The van der Waals surface area contributed by atoms with Crippen molar-refractivity contribution in [3.63, 3.8) is 0 Å². The predicted octanol–water partition coefficient (Wildman–Crippen LogP) is 0.821. The van der Waals surface area contributed by atoms with Crippen LogP contribution in [-0.4, -0.2) is 25.2 Å². The lowest BCUT2D eigenvalue weighted by Crippen LogP contribution is -2.09. The molecule has 84 valence electrons. The molecule has 0 radical (unpaired) electrons. The fourth-order valence-electron chi connectivity index (χ4n) is 1.04. The second-order valence-electron chi connectivity index (χ2n) is 2.87. The zero-order valence-electron chi connectivity index (χ0n) is 7.84. The molecule has 0 aromatic heterocycles. The predicted molar refractivity (Wildman–Crippen MR) is 51.0 cm³/mol. The van der Waals surface area contributed by atoms with Crippen molar-refractivity contribution in [2.45, 2.75) is 4.90 Å². The summed E-state index contributed by atoms with van der Waals surface area (Å²) in [5, 5.41) is 16.9. The van der Waals surface area contributed by atoms with E-state index >= 15 is 0 Å². The van der Waals surface area contributed by atoms with E-state index in [4.69, 9.17) is 10.4 Å². The maximum Gasteiger partial charge on any atom is 0.335 e. The van der Waals surface area contributed by atoms with Crippen LogP contribution in [0.3, 0.4) is 0 Å². The third-order valence-electron chi connectivity index (χ3n) is 1.77. The molecule has 0 fully saturated rings. The molecule has 0 aliphatic heterocycles. The summed E-state index contributed by atoms with van der Waals surface area (Å²) in [6.07, 6.45) is 0. The summed E-state index contributed by atoms with van der Waals surface area (Å²) < 4.78 is 35.9. The smallest absolute Gasteiger partial charge is 0.335 e. The lowest BCUT2D eigenvalue weighted by molar-refractivity contribution is 0.0696. The van der Waals surface area contributed by atoms with Crippen LogP contribution >= 0.6 is 0 Å². The monoisotopic (exact) mass is 243 g/mol. The van der Waals surface area contributed by atoms with Gasteiger partial charge in [0.15, 0.2) is 9.84 Å². The molecule has 7 heteroatoms. The van der Waals surface area contributed by atoms with Crippen molar-refractivity contribution in [2.75, 3.05) is 5.75 Å². The van der Waals surface area contributed by atoms with Gasteiger partial charge in [0, 0.05) is 0 Å². The van der Waals surface area contributed by atoms with Gasteiger partial charge in [0.1, 0.15) is 16.5 Å². The van der Waals surface area contributed by atoms with Gasteiger partial charge in [-0.15, -0.1) is 0 Å². The Morgan fingerprint density at radius 2 is 2.12 bits per heavy atom. The Morgan fingerprint density at radius 3 is 2.62 bits per heavy atom. The standard InChI is InChI=1S/C9H6FNO4S/c10-7-2-1-6(9(12)13)5-8(7)16(14,15)4-3-11/h1-2,5H,4H2,(H,12,13). The largest absolute Gasteiger partial charge is 0.478 e. The van der Waals surface area contributed by atoms with Crippen LogP contribution in [0.25, 0.3) is 0 Å². The molecule has 1 aromatic rings. The molecule has 0 bridgehead atoms. The van der Waals surface area contributed by atoms with E-state index in [1.54, 1.807) is 0 Å². The van der Waals surface area contributed by atoms with Gasteiger partial charge >= 0.3 is 5.97 Å². The fraction of sp³-hybridized carbons (Fsp3) is 0.111. The highest BCUT2D eigenvalue weighted by Crippen LogP contribution is 2.17. The third-order valence-corrected chi connectivity index (χ3v) is 3.26. The molecule has 0 unspecified atom stereocenters. The van der Waals surface area contributed by atoms with Crippen molar-refractivity contribution < 1.29 is 22.7 Å². The Hall–Kier alpha value is -1.94. The van der Waals surface area contributed by atoms with E-state index in [1.807, 2.05) is 0 Å². The lowest BCUT2D eigenvalue weighted by Gasteiger charge is -2.03. The van der Waals surface area contributed by atoms with E-state index in [1.165, 1.54) is 6.07 Å². The number of rotatable bonds is 3. The number of nitrogens with zero attached hydrogens (tertiary/aromatic N) is 1. The molecule has 0 aliphatic carbocycles. The summed E-state index contributed by atoms with van der Waals surface area (Å²) in [7, 11) is -4.10. The first kappa shape index (κ1) is 12.1. The Kier molecular flexibility index (Phi) is 3.25. The molecule has 5 nitrogen and oxygen atoms in total. The molecule has 1 aromatic carbocycles. The highest BCUT2D eigenvalue weighted by molar-refractivity contribution is 7.91. The number of sulfone groups is 1. The van der Waals surface area contributed by atoms with Gasteiger partial charge in [0.25, 0.3) is 0 Å². The summed E-state index contributed by atoms with van der Waals surface area (Å²) in [6, 6.07) is 3.77. The number of benzene rings is 1. The topological polar surface area (TPSA) is 95.2 Å². The van der Waals surface area contributed by atoms with Gasteiger partial charge in [0.05, 0.1) is 11.6 Å². The second-order valence-corrected chi connectivity index (χ2v) is 4.83. The Balaban J connectivity index is 3.40. The molecule has 0 saturated carbocycles. The molecule has 0 saturated heterocycles. The van der Waals surface area contributed by atoms with Crippen LogP contribution in [0.5, 0.6) is 0 Å². The zero-order valence-corrected chi connectivity index (χ0v) is 8.66. The van der Waals surface area contributed by atoms with E-state index in [2.05, 4.69) is 0 Å². The number of nitriles is 1. The van der Waals surface area contributed by atoms with Crippen molar-refractivity contribution in [3.05, 3.63) is 29.6 Å². The van der Waals surface area contributed by atoms with Crippen molar-refractivity contribution in [2.24, 2.45) is 0 Å². The van der Waals surface area contributed by atoms with Crippen LogP contribution in [0.1, 0.15) is 10.4 Å². The van der Waals surface area contributed by atoms with Gasteiger partial charge in [-0.1, -0.05) is 0 Å². The first-order valence-corrected chi connectivity index (χ1v) is 5.66. The normalized spacial score (nSPS) is 10.8. The number of carboxylic acids is 1. The quantitative estimate of drug-likeness (QED) is 0.847. The van der Waals surface area contributed by atoms with Crippen molar-refractivity contribution >= 4 is 15.8 Å². The highest BCUT2D eigenvalue weighted by Gasteiger charge is 2.20. The van der Waals surface area contributed by atoms with Crippen LogP contribution in [0.15, 0.2) is 23.1 Å². The van der Waals surface area contributed by atoms with Gasteiger partial charge < -0.3 is 5.11 Å². The van der Waals surface area contributed by atoms with Crippen LogP contribution < -0.4 is 0 Å². The molecule has 1 rings (SSSR count). The SMILES string of the molecule is N#CCS(=O)(=O)c1cc(C(=O)O)ccc1F. The molecule has 1 N–H and O–H groups in total. The van der Waals surface area contributed by atoms with E-state index in [-0.39, 0.29) is 5.56 Å². The zero-order chi connectivity index (χ0) is 12.3. The van der Waals surface area contributed by atoms with Crippen molar-refractivity contribution in [3.8, 4) is 6.07 Å². The molecule has 0 aliphatic rings. The average molecular weight is 243 g/mol. The minimum Gasteiger partial charge on any atom is -0.478 e. The fourth-order valence-corrected chi connectivity index (χ4v) is 2.03. The molecular weight excluding hydrogens is 237 g/mol. The number of halogens is 1. The summed E-state index contributed by atoms with van der Waals surface area (Å²) in [6.45, 7) is 0. The minimum atomic E-state index is -4.10. The Bertz CT molecular complexity index is 574. The maximum absolute atomic E-state index is 13.2. The van der Waals surface area contributed by atoms with Gasteiger partial charge in [-0.05, 0) is 18.2 Å². The number of carboxylic acid groups (broad SMARTS) is 1. The average Bonchev–Trinajstić information content (AvgIpc) is 2.17. The maximum atomic E-state index is 13.2. The minimum absolute atomic E-state index is 0.349. The summed E-state index contributed by atoms with van der Waals surface area (Å²) in [4.78, 5) is 9.80. The first-order chi connectivity index (χ1) is 7.38. The third kappa shape index (κ3) is 2.35. The molecule has 0 amide bonds.